The minimum Gasteiger partial charge on any atom is -0.494 e. The van der Waals surface area contributed by atoms with Crippen LogP contribution >= 0.6 is 11.6 Å². The highest BCUT2D eigenvalue weighted by Crippen LogP contribution is 2.34. The molecule has 3 rings (SSSR count). The predicted octanol–water partition coefficient (Wildman–Crippen LogP) is 4.72. The molecule has 2 N–H and O–H groups in total. The Hall–Kier alpha value is -2.40. The molecule has 0 fully saturated rings. The van der Waals surface area contributed by atoms with Crippen LogP contribution in [0.15, 0.2) is 53.3 Å². The number of unbranched alkanes of at least 4 members (excludes halogenated alkanes) is 1. The van der Waals surface area contributed by atoms with E-state index >= 15 is 0 Å². The normalized spacial score (nSPS) is 18.8. The van der Waals surface area contributed by atoms with Crippen LogP contribution < -0.4 is 15.4 Å². The maximum atomic E-state index is 12.6. The summed E-state index contributed by atoms with van der Waals surface area (Å²) in [6, 6.07) is 8.17. The molecule has 2 unspecified atom stereocenters. The summed E-state index contributed by atoms with van der Waals surface area (Å²) in [5.41, 5.74) is 2.88. The number of hydrogen-bond acceptors (Lipinski definition) is 4. The van der Waals surface area contributed by atoms with Gasteiger partial charge in [-0.1, -0.05) is 31.9 Å². The summed E-state index contributed by atoms with van der Waals surface area (Å²) >= 11 is 6.23. The molecule has 1 aromatic rings. The van der Waals surface area contributed by atoms with E-state index in [1.807, 2.05) is 54.4 Å². The van der Waals surface area contributed by atoms with Crippen LogP contribution in [-0.2, 0) is 4.79 Å². The Morgan fingerprint density at radius 1 is 1.31 bits per heavy atom. The van der Waals surface area contributed by atoms with Gasteiger partial charge in [-0.25, -0.2) is 0 Å². The van der Waals surface area contributed by atoms with Crippen LogP contribution in [0.4, 0.5) is 0 Å². The van der Waals surface area contributed by atoms with Gasteiger partial charge in [-0.15, -0.1) is 0 Å². The topological polar surface area (TPSA) is 53.6 Å². The highest BCUT2D eigenvalue weighted by Gasteiger charge is 2.32. The molecule has 29 heavy (non-hydrogen) atoms. The maximum Gasteiger partial charge on any atom is 0.226 e. The van der Waals surface area contributed by atoms with Crippen molar-refractivity contribution < 1.29 is 9.53 Å². The number of nitrogens with zero attached hydrogens (tertiary/aromatic N) is 1. The Bertz CT molecular complexity index is 814. The lowest BCUT2D eigenvalue weighted by Gasteiger charge is -2.26. The number of rotatable bonds is 9. The van der Waals surface area contributed by atoms with E-state index in [2.05, 4.69) is 24.5 Å². The lowest BCUT2D eigenvalue weighted by atomic mass is 10.1. The van der Waals surface area contributed by atoms with Gasteiger partial charge >= 0.3 is 0 Å². The standard InChI is InChI=1S/C23H30ClN3O2/c1-4-6-13-29-19-10-7-17(8-11-19)23-20(14-22(28)25-16(3)5-2)27-15-18(24)9-12-21(27)26-23/h7-12,15-16,21,26H,4-6,13-14H2,1-3H3,(H,25,28). The second kappa shape index (κ2) is 9.88. The van der Waals surface area contributed by atoms with Crippen molar-refractivity contribution >= 4 is 23.2 Å². The van der Waals surface area contributed by atoms with Gasteiger partial charge in [-0.05, 0) is 61.7 Å². The smallest absolute Gasteiger partial charge is 0.226 e. The number of ether oxygens (including phenoxy) is 1. The van der Waals surface area contributed by atoms with Crippen molar-refractivity contribution in [3.8, 4) is 5.75 Å². The summed E-state index contributed by atoms with van der Waals surface area (Å²) in [7, 11) is 0. The monoisotopic (exact) mass is 415 g/mol. The van der Waals surface area contributed by atoms with Gasteiger partial charge in [0.1, 0.15) is 11.9 Å². The van der Waals surface area contributed by atoms with Crippen LogP contribution in [0.2, 0.25) is 0 Å². The van der Waals surface area contributed by atoms with E-state index in [0.29, 0.717) is 5.03 Å². The van der Waals surface area contributed by atoms with Crippen LogP contribution in [-0.4, -0.2) is 29.6 Å². The fourth-order valence-electron chi connectivity index (χ4n) is 3.32. The number of halogens is 1. The van der Waals surface area contributed by atoms with Gasteiger partial charge in [-0.3, -0.25) is 4.79 Å². The van der Waals surface area contributed by atoms with Crippen molar-refractivity contribution in [2.45, 2.75) is 58.7 Å². The first kappa shape index (κ1) is 21.3. The van der Waals surface area contributed by atoms with Gasteiger partial charge in [0.05, 0.1) is 29.5 Å². The van der Waals surface area contributed by atoms with Crippen LogP contribution in [0.5, 0.6) is 5.75 Å². The van der Waals surface area contributed by atoms with E-state index in [0.717, 1.165) is 48.6 Å². The maximum absolute atomic E-state index is 12.6. The lowest BCUT2D eigenvalue weighted by Crippen LogP contribution is -2.36. The van der Waals surface area contributed by atoms with Gasteiger partial charge in [0.15, 0.2) is 0 Å². The third-order valence-corrected chi connectivity index (χ3v) is 5.37. The average Bonchev–Trinajstić information content (AvgIpc) is 3.06. The molecule has 2 atom stereocenters. The Kier molecular flexibility index (Phi) is 7.26. The Labute approximate surface area is 178 Å². The lowest BCUT2D eigenvalue weighted by molar-refractivity contribution is -0.121. The van der Waals surface area contributed by atoms with E-state index in [1.165, 1.54) is 0 Å². The second-order valence-electron chi connectivity index (χ2n) is 7.47. The fourth-order valence-corrected chi connectivity index (χ4v) is 3.50. The van der Waals surface area contributed by atoms with Gasteiger partial charge in [0.2, 0.25) is 5.91 Å². The first-order valence-electron chi connectivity index (χ1n) is 10.4. The molecule has 6 heteroatoms. The molecule has 0 radical (unpaired) electrons. The summed E-state index contributed by atoms with van der Waals surface area (Å²) < 4.78 is 5.77. The SMILES string of the molecule is CCCCOc1ccc(C2=C(CC(=O)NC(C)CC)N3C=C(Cl)C=CC3N2)cc1. The molecule has 2 aliphatic rings. The molecule has 1 aromatic carbocycles. The van der Waals surface area contributed by atoms with Crippen molar-refractivity contribution in [3.05, 3.63) is 58.9 Å². The Morgan fingerprint density at radius 2 is 2.07 bits per heavy atom. The minimum atomic E-state index is -0.0422. The third-order valence-electron chi connectivity index (χ3n) is 5.15. The molecule has 0 aromatic heterocycles. The zero-order chi connectivity index (χ0) is 20.8. The molecular weight excluding hydrogens is 386 g/mol. The number of carbonyl (C=O) groups excluding carboxylic acids is 1. The summed E-state index contributed by atoms with van der Waals surface area (Å²) in [5.74, 6) is 0.866. The molecule has 156 valence electrons. The average molecular weight is 416 g/mol. The van der Waals surface area contributed by atoms with E-state index in [-0.39, 0.29) is 24.5 Å². The number of carbonyl (C=O) groups is 1. The number of amides is 1. The molecule has 2 heterocycles. The van der Waals surface area contributed by atoms with Gasteiger partial charge in [0.25, 0.3) is 0 Å². The highest BCUT2D eigenvalue weighted by molar-refractivity contribution is 6.31. The van der Waals surface area contributed by atoms with Crippen molar-refractivity contribution in [1.29, 1.82) is 0 Å². The van der Waals surface area contributed by atoms with Gasteiger partial charge < -0.3 is 20.3 Å². The largest absolute Gasteiger partial charge is 0.494 e. The summed E-state index contributed by atoms with van der Waals surface area (Å²) in [5, 5.41) is 7.22. The van der Waals surface area contributed by atoms with Crippen molar-refractivity contribution in [1.82, 2.24) is 15.5 Å². The fraction of sp³-hybridized carbons (Fsp3) is 0.435. The molecule has 1 amide bonds. The number of allylic oxidation sites excluding steroid dienone is 2. The summed E-state index contributed by atoms with van der Waals surface area (Å²) in [6.07, 6.45) is 9.05. The van der Waals surface area contributed by atoms with E-state index < -0.39 is 0 Å². The van der Waals surface area contributed by atoms with E-state index in [9.17, 15) is 4.79 Å². The summed E-state index contributed by atoms with van der Waals surface area (Å²) in [4.78, 5) is 14.7. The van der Waals surface area contributed by atoms with Crippen molar-refractivity contribution in [3.63, 3.8) is 0 Å². The first-order valence-corrected chi connectivity index (χ1v) is 10.8. The van der Waals surface area contributed by atoms with Crippen LogP contribution in [0.1, 0.15) is 52.0 Å². The van der Waals surface area contributed by atoms with E-state index in [1.54, 1.807) is 0 Å². The molecule has 0 spiro atoms. The molecular formula is C23H30ClN3O2. The van der Waals surface area contributed by atoms with Crippen LogP contribution in [0.3, 0.4) is 0 Å². The summed E-state index contributed by atoms with van der Waals surface area (Å²) in [6.45, 7) is 6.95. The van der Waals surface area contributed by atoms with Gasteiger partial charge in [0, 0.05) is 12.2 Å². The quantitative estimate of drug-likeness (QED) is 0.573. The number of fused-ring (bicyclic) bond motifs is 1. The molecule has 2 aliphatic heterocycles. The van der Waals surface area contributed by atoms with Gasteiger partial charge in [-0.2, -0.15) is 0 Å². The minimum absolute atomic E-state index is 0.00731. The van der Waals surface area contributed by atoms with E-state index in [4.69, 9.17) is 16.3 Å². The van der Waals surface area contributed by atoms with Crippen LogP contribution in [0.25, 0.3) is 5.70 Å². The molecule has 0 aliphatic carbocycles. The Morgan fingerprint density at radius 3 is 2.76 bits per heavy atom. The highest BCUT2D eigenvalue weighted by atomic mass is 35.5. The zero-order valence-corrected chi connectivity index (χ0v) is 18.1. The van der Waals surface area contributed by atoms with Crippen LogP contribution in [0, 0.1) is 0 Å². The predicted molar refractivity (Wildman–Crippen MR) is 118 cm³/mol. The van der Waals surface area contributed by atoms with Crippen molar-refractivity contribution in [2.75, 3.05) is 6.61 Å². The number of benzene rings is 1. The van der Waals surface area contributed by atoms with Crippen molar-refractivity contribution in [2.24, 2.45) is 0 Å². The molecule has 0 bridgehead atoms. The Balaban J connectivity index is 1.84. The molecule has 0 saturated heterocycles. The zero-order valence-electron chi connectivity index (χ0n) is 17.4. The first-order chi connectivity index (χ1) is 14.0. The third kappa shape index (κ3) is 5.36. The molecule has 5 nitrogen and oxygen atoms in total. The second-order valence-corrected chi connectivity index (χ2v) is 7.91. The number of nitrogens with one attached hydrogen (secondary N) is 2. The molecule has 0 saturated carbocycles. The number of hydrogen-bond donors (Lipinski definition) is 2.